The second-order valence-corrected chi connectivity index (χ2v) is 7.29. The van der Waals surface area contributed by atoms with E-state index >= 15 is 0 Å². The van der Waals surface area contributed by atoms with Crippen LogP contribution in [0.15, 0.2) is 30.3 Å². The average Bonchev–Trinajstić information content (AvgIpc) is 3.11. The summed E-state index contributed by atoms with van der Waals surface area (Å²) in [7, 11) is 0. The number of hydrogen-bond donors (Lipinski definition) is 2. The van der Waals surface area contributed by atoms with Crippen LogP contribution in [0.3, 0.4) is 0 Å². The number of tetrazole rings is 1. The van der Waals surface area contributed by atoms with Crippen LogP contribution in [0, 0.1) is 0 Å². The molecule has 7 heteroatoms. The molecule has 2 aromatic rings. The standard InChI is InChI=1S/C18H24N6O/c19-18(11-4-12-18)17(25)20-14-7-9-15(10-8-14)24-22-16(21-23-24)13-5-2-1-3-6-13/h1-3,5-6,14-15H,4,7-12,19H2,(H,20,25). The number of hydrogen-bond acceptors (Lipinski definition) is 5. The van der Waals surface area contributed by atoms with Gasteiger partial charge in [0.25, 0.3) is 0 Å². The molecule has 0 spiro atoms. The molecular weight excluding hydrogens is 316 g/mol. The minimum Gasteiger partial charge on any atom is -0.352 e. The van der Waals surface area contributed by atoms with Crippen molar-refractivity contribution >= 4 is 5.91 Å². The number of carbonyl (C=O) groups is 1. The number of nitrogens with zero attached hydrogens (tertiary/aromatic N) is 4. The van der Waals surface area contributed by atoms with Crippen molar-refractivity contribution in [1.29, 1.82) is 0 Å². The van der Waals surface area contributed by atoms with E-state index in [2.05, 4.69) is 20.7 Å². The topological polar surface area (TPSA) is 98.7 Å². The zero-order valence-electron chi connectivity index (χ0n) is 14.3. The van der Waals surface area contributed by atoms with Gasteiger partial charge in [0.2, 0.25) is 11.7 Å². The summed E-state index contributed by atoms with van der Waals surface area (Å²) in [6.45, 7) is 0. The third kappa shape index (κ3) is 3.28. The molecule has 1 aromatic carbocycles. The molecule has 2 saturated carbocycles. The Labute approximate surface area is 147 Å². The van der Waals surface area contributed by atoms with Gasteiger partial charge >= 0.3 is 0 Å². The lowest BCUT2D eigenvalue weighted by Gasteiger charge is -2.38. The molecule has 2 fully saturated rings. The maximum atomic E-state index is 12.3. The minimum absolute atomic E-state index is 0.0208. The quantitative estimate of drug-likeness (QED) is 0.884. The zero-order chi connectivity index (χ0) is 17.3. The fourth-order valence-electron chi connectivity index (χ4n) is 3.65. The number of benzene rings is 1. The van der Waals surface area contributed by atoms with Gasteiger partial charge in [-0.15, -0.1) is 10.2 Å². The van der Waals surface area contributed by atoms with Crippen LogP contribution in [-0.4, -0.2) is 37.7 Å². The highest BCUT2D eigenvalue weighted by atomic mass is 16.2. The summed E-state index contributed by atoms with van der Waals surface area (Å²) in [5.74, 6) is 0.679. The van der Waals surface area contributed by atoms with E-state index in [4.69, 9.17) is 5.73 Å². The van der Waals surface area contributed by atoms with Crippen molar-refractivity contribution in [3.8, 4) is 11.4 Å². The first kappa shape index (κ1) is 16.2. The van der Waals surface area contributed by atoms with Gasteiger partial charge in [-0.2, -0.15) is 4.80 Å². The molecule has 2 aliphatic carbocycles. The molecule has 0 atom stereocenters. The van der Waals surface area contributed by atoms with Crippen molar-refractivity contribution in [3.63, 3.8) is 0 Å². The molecule has 0 saturated heterocycles. The van der Waals surface area contributed by atoms with Gasteiger partial charge in [-0.1, -0.05) is 30.3 Å². The van der Waals surface area contributed by atoms with E-state index < -0.39 is 5.54 Å². The molecule has 132 valence electrons. The summed E-state index contributed by atoms with van der Waals surface area (Å²) >= 11 is 0. The van der Waals surface area contributed by atoms with Crippen LogP contribution < -0.4 is 11.1 Å². The van der Waals surface area contributed by atoms with Crippen molar-refractivity contribution in [1.82, 2.24) is 25.5 Å². The summed E-state index contributed by atoms with van der Waals surface area (Å²) in [5.41, 5.74) is 6.45. The van der Waals surface area contributed by atoms with Crippen molar-refractivity contribution in [2.75, 3.05) is 0 Å². The molecule has 1 aromatic heterocycles. The van der Waals surface area contributed by atoms with Crippen LogP contribution in [-0.2, 0) is 4.79 Å². The Kier molecular flexibility index (Phi) is 4.25. The highest BCUT2D eigenvalue weighted by Crippen LogP contribution is 2.31. The highest BCUT2D eigenvalue weighted by Gasteiger charge is 2.41. The largest absolute Gasteiger partial charge is 0.352 e. The van der Waals surface area contributed by atoms with E-state index in [1.54, 1.807) is 4.80 Å². The van der Waals surface area contributed by atoms with Gasteiger partial charge in [-0.25, -0.2) is 0 Å². The Morgan fingerprint density at radius 3 is 2.52 bits per heavy atom. The Bertz CT molecular complexity index is 731. The van der Waals surface area contributed by atoms with E-state index in [0.29, 0.717) is 5.82 Å². The van der Waals surface area contributed by atoms with Crippen molar-refractivity contribution in [2.24, 2.45) is 5.73 Å². The van der Waals surface area contributed by atoms with E-state index in [1.165, 1.54) is 0 Å². The molecule has 7 nitrogen and oxygen atoms in total. The van der Waals surface area contributed by atoms with Gasteiger partial charge in [-0.3, -0.25) is 4.79 Å². The molecule has 2 aliphatic rings. The molecule has 3 N–H and O–H groups in total. The second-order valence-electron chi connectivity index (χ2n) is 7.29. The highest BCUT2D eigenvalue weighted by molar-refractivity contribution is 5.87. The maximum Gasteiger partial charge on any atom is 0.240 e. The summed E-state index contributed by atoms with van der Waals surface area (Å²) in [6, 6.07) is 10.3. The van der Waals surface area contributed by atoms with Crippen LogP contribution >= 0.6 is 0 Å². The number of nitrogens with two attached hydrogens (primary N) is 1. The minimum atomic E-state index is -0.616. The number of carbonyl (C=O) groups excluding carboxylic acids is 1. The fraction of sp³-hybridized carbons (Fsp3) is 0.556. The fourth-order valence-corrected chi connectivity index (χ4v) is 3.65. The first-order valence-corrected chi connectivity index (χ1v) is 9.09. The van der Waals surface area contributed by atoms with Gasteiger partial charge in [0, 0.05) is 11.6 Å². The average molecular weight is 340 g/mol. The zero-order valence-corrected chi connectivity index (χ0v) is 14.3. The molecule has 0 aliphatic heterocycles. The monoisotopic (exact) mass is 340 g/mol. The Morgan fingerprint density at radius 2 is 1.88 bits per heavy atom. The molecule has 0 radical (unpaired) electrons. The summed E-state index contributed by atoms with van der Waals surface area (Å²) in [5, 5.41) is 16.1. The van der Waals surface area contributed by atoms with Crippen LogP contribution in [0.4, 0.5) is 0 Å². The van der Waals surface area contributed by atoms with Crippen LogP contribution in [0.2, 0.25) is 0 Å². The molecule has 1 amide bonds. The van der Waals surface area contributed by atoms with Crippen molar-refractivity contribution in [2.45, 2.75) is 62.6 Å². The van der Waals surface area contributed by atoms with E-state index in [1.807, 2.05) is 30.3 Å². The first-order chi connectivity index (χ1) is 12.1. The Hall–Kier alpha value is -2.28. The number of nitrogens with one attached hydrogen (secondary N) is 1. The predicted molar refractivity (Wildman–Crippen MR) is 93.5 cm³/mol. The van der Waals surface area contributed by atoms with Gasteiger partial charge in [0.1, 0.15) is 0 Å². The third-order valence-corrected chi connectivity index (χ3v) is 5.52. The van der Waals surface area contributed by atoms with Crippen molar-refractivity contribution < 1.29 is 4.79 Å². The van der Waals surface area contributed by atoms with Crippen LogP contribution in [0.1, 0.15) is 51.0 Å². The van der Waals surface area contributed by atoms with Gasteiger partial charge in [0.05, 0.1) is 11.6 Å². The van der Waals surface area contributed by atoms with Crippen LogP contribution in [0.5, 0.6) is 0 Å². The molecular formula is C18H24N6O. The summed E-state index contributed by atoms with van der Waals surface area (Å²) in [6.07, 6.45) is 6.39. The Morgan fingerprint density at radius 1 is 1.16 bits per heavy atom. The second kappa shape index (κ2) is 6.55. The van der Waals surface area contributed by atoms with Gasteiger partial charge in [-0.05, 0) is 50.2 Å². The molecule has 25 heavy (non-hydrogen) atoms. The predicted octanol–water partition coefficient (Wildman–Crippen LogP) is 1.82. The number of aromatic nitrogens is 4. The number of rotatable bonds is 4. The van der Waals surface area contributed by atoms with E-state index in [9.17, 15) is 4.79 Å². The van der Waals surface area contributed by atoms with E-state index in [-0.39, 0.29) is 18.0 Å². The SMILES string of the molecule is NC1(C(=O)NC2CCC(n3nnc(-c4ccccc4)n3)CC2)CCC1. The smallest absolute Gasteiger partial charge is 0.240 e. The summed E-state index contributed by atoms with van der Waals surface area (Å²) in [4.78, 5) is 14.0. The van der Waals surface area contributed by atoms with Gasteiger partial charge in [0.15, 0.2) is 0 Å². The molecule has 4 rings (SSSR count). The Balaban J connectivity index is 1.33. The van der Waals surface area contributed by atoms with Crippen LogP contribution in [0.25, 0.3) is 11.4 Å². The first-order valence-electron chi connectivity index (χ1n) is 9.09. The lowest BCUT2D eigenvalue weighted by molar-refractivity contribution is -0.130. The van der Waals surface area contributed by atoms with E-state index in [0.717, 1.165) is 50.5 Å². The van der Waals surface area contributed by atoms with Crippen molar-refractivity contribution in [3.05, 3.63) is 30.3 Å². The lowest BCUT2D eigenvalue weighted by atomic mass is 9.76. The molecule has 1 heterocycles. The van der Waals surface area contributed by atoms with Gasteiger partial charge < -0.3 is 11.1 Å². The third-order valence-electron chi connectivity index (χ3n) is 5.52. The lowest BCUT2D eigenvalue weighted by Crippen LogP contribution is -2.60. The molecule has 0 unspecified atom stereocenters. The summed E-state index contributed by atoms with van der Waals surface area (Å²) < 4.78 is 0. The molecule has 0 bridgehead atoms. The number of amides is 1. The normalized spacial score (nSPS) is 25.2. The maximum absolute atomic E-state index is 12.3.